The lowest BCUT2D eigenvalue weighted by Crippen LogP contribution is -2.48. The van der Waals surface area contributed by atoms with Crippen molar-refractivity contribution in [1.82, 2.24) is 9.88 Å². The molecule has 1 saturated heterocycles. The van der Waals surface area contributed by atoms with Crippen molar-refractivity contribution in [2.24, 2.45) is 5.92 Å². The summed E-state index contributed by atoms with van der Waals surface area (Å²) in [4.78, 5) is 7.14. The van der Waals surface area contributed by atoms with Crippen LogP contribution in [0.5, 0.6) is 0 Å². The lowest BCUT2D eigenvalue weighted by atomic mass is 9.82. The van der Waals surface area contributed by atoms with Crippen LogP contribution in [-0.2, 0) is 22.6 Å². The molecule has 1 aliphatic heterocycles. The molecule has 0 radical (unpaired) electrons. The number of aromatic nitrogens is 1. The molecule has 0 unspecified atom stereocenters. The third-order valence-corrected chi connectivity index (χ3v) is 7.91. The predicted octanol–water partition coefficient (Wildman–Crippen LogP) is 7.66. The minimum atomic E-state index is -0.639. The zero-order valence-electron chi connectivity index (χ0n) is 22.9. The molecule has 2 heterocycles. The molecule has 2 aliphatic rings. The minimum Gasteiger partial charge on any atom is -0.343 e. The molecular formula is C34H42N2O2. The summed E-state index contributed by atoms with van der Waals surface area (Å²) in [6, 6.07) is 27.9. The van der Waals surface area contributed by atoms with Crippen molar-refractivity contribution in [2.45, 2.75) is 89.5 Å². The van der Waals surface area contributed by atoms with Crippen LogP contribution in [0.3, 0.4) is 0 Å². The normalized spacial score (nSPS) is 22.7. The highest BCUT2D eigenvalue weighted by molar-refractivity contribution is 5.45. The summed E-state index contributed by atoms with van der Waals surface area (Å²) in [5.74, 6) is 0.0790. The van der Waals surface area contributed by atoms with Crippen LogP contribution in [0.2, 0.25) is 0 Å². The Hall–Kier alpha value is -2.79. The topological polar surface area (TPSA) is 34.6 Å². The fourth-order valence-corrected chi connectivity index (χ4v) is 6.11. The van der Waals surface area contributed by atoms with Crippen molar-refractivity contribution in [1.29, 1.82) is 0 Å². The number of benzene rings is 2. The van der Waals surface area contributed by atoms with E-state index in [1.54, 1.807) is 0 Å². The highest BCUT2D eigenvalue weighted by Crippen LogP contribution is 2.38. The Balaban J connectivity index is 1.48. The van der Waals surface area contributed by atoms with Crippen molar-refractivity contribution in [2.75, 3.05) is 0 Å². The number of nitrogens with zero attached hydrogens (tertiary/aromatic N) is 2. The average molecular weight is 511 g/mol. The van der Waals surface area contributed by atoms with Crippen LogP contribution < -0.4 is 0 Å². The zero-order valence-corrected chi connectivity index (χ0v) is 22.9. The van der Waals surface area contributed by atoms with Gasteiger partial charge in [0, 0.05) is 25.3 Å². The molecule has 1 saturated carbocycles. The molecule has 200 valence electrons. The van der Waals surface area contributed by atoms with Gasteiger partial charge in [-0.2, -0.15) is 0 Å². The molecule has 1 aliphatic carbocycles. The van der Waals surface area contributed by atoms with Crippen LogP contribution in [0.4, 0.5) is 0 Å². The van der Waals surface area contributed by atoms with Crippen LogP contribution in [0.15, 0.2) is 91.1 Å². The van der Waals surface area contributed by atoms with E-state index in [-0.39, 0.29) is 18.2 Å². The first-order chi connectivity index (χ1) is 18.6. The Morgan fingerprint density at radius 2 is 1.47 bits per heavy atom. The molecular weight excluding hydrogens is 468 g/mol. The minimum absolute atomic E-state index is 0.0701. The summed E-state index contributed by atoms with van der Waals surface area (Å²) in [5, 5.41) is 0. The highest BCUT2D eigenvalue weighted by atomic mass is 16.8. The van der Waals surface area contributed by atoms with Crippen molar-refractivity contribution in [3.05, 3.63) is 108 Å². The van der Waals surface area contributed by atoms with Gasteiger partial charge in [0.05, 0.1) is 5.69 Å². The van der Waals surface area contributed by atoms with E-state index >= 15 is 0 Å². The van der Waals surface area contributed by atoms with E-state index in [2.05, 4.69) is 82.7 Å². The third kappa shape index (κ3) is 7.41. The fraction of sp³-hybridized carbons (Fsp3) is 0.441. The van der Waals surface area contributed by atoms with E-state index in [1.807, 2.05) is 38.2 Å². The molecule has 3 aromatic rings. The van der Waals surface area contributed by atoms with Gasteiger partial charge >= 0.3 is 0 Å². The molecule has 4 heteroatoms. The SMILES string of the molecule is CC1(C)O[C@H]([C@H](CC2CCCCC2)N(Cc2ccccc2)Cc2ccccc2)[C@H](/C=C/c2ccccn2)O1. The van der Waals surface area contributed by atoms with E-state index in [9.17, 15) is 0 Å². The fourth-order valence-electron chi connectivity index (χ4n) is 6.11. The molecule has 2 aromatic carbocycles. The van der Waals surface area contributed by atoms with Gasteiger partial charge in [0.25, 0.3) is 0 Å². The van der Waals surface area contributed by atoms with Gasteiger partial charge < -0.3 is 9.47 Å². The first-order valence-corrected chi connectivity index (χ1v) is 14.3. The Bertz CT molecular complexity index is 1090. The van der Waals surface area contributed by atoms with Gasteiger partial charge in [-0.3, -0.25) is 9.88 Å². The molecule has 0 N–H and O–H groups in total. The zero-order chi connectivity index (χ0) is 26.2. The van der Waals surface area contributed by atoms with E-state index in [4.69, 9.17) is 9.47 Å². The van der Waals surface area contributed by atoms with Crippen molar-refractivity contribution in [3.63, 3.8) is 0 Å². The summed E-state index contributed by atoms with van der Waals surface area (Å²) in [7, 11) is 0. The lowest BCUT2D eigenvalue weighted by Gasteiger charge is -2.39. The van der Waals surface area contributed by atoms with Crippen LogP contribution in [0, 0.1) is 5.92 Å². The Morgan fingerprint density at radius 3 is 2.08 bits per heavy atom. The van der Waals surface area contributed by atoms with Gasteiger partial charge in [-0.05, 0) is 55.5 Å². The third-order valence-electron chi connectivity index (χ3n) is 7.91. The van der Waals surface area contributed by atoms with Gasteiger partial charge in [0.15, 0.2) is 5.79 Å². The number of pyridine rings is 1. The molecule has 4 nitrogen and oxygen atoms in total. The van der Waals surface area contributed by atoms with Crippen LogP contribution in [-0.4, -0.2) is 33.9 Å². The quantitative estimate of drug-likeness (QED) is 0.280. The first-order valence-electron chi connectivity index (χ1n) is 14.3. The highest BCUT2D eigenvalue weighted by Gasteiger charge is 2.46. The standard InChI is InChI=1S/C34H42N2O2/c1-34(2)37-32(22-21-30-20-12-13-23-35-30)33(38-34)31(24-27-14-6-3-7-15-27)36(25-28-16-8-4-9-17-28)26-29-18-10-5-11-19-29/h4-5,8-13,16-23,27,31-33H,3,6-7,14-15,24-26H2,1-2H3/b22-21+/t31-,32-,33+/m0/s1. The van der Waals surface area contributed by atoms with Gasteiger partial charge in [0.1, 0.15) is 12.2 Å². The lowest BCUT2D eigenvalue weighted by molar-refractivity contribution is -0.151. The van der Waals surface area contributed by atoms with Gasteiger partial charge in [0.2, 0.25) is 0 Å². The number of rotatable bonds is 10. The van der Waals surface area contributed by atoms with Gasteiger partial charge in [-0.25, -0.2) is 0 Å². The average Bonchev–Trinajstić information content (AvgIpc) is 3.26. The molecule has 0 spiro atoms. The molecule has 0 bridgehead atoms. The second-order valence-electron chi connectivity index (χ2n) is 11.4. The second kappa shape index (κ2) is 12.8. The Morgan fingerprint density at radius 1 is 0.842 bits per heavy atom. The van der Waals surface area contributed by atoms with Crippen molar-refractivity contribution >= 4 is 6.08 Å². The molecule has 2 fully saturated rings. The van der Waals surface area contributed by atoms with Crippen LogP contribution in [0.25, 0.3) is 6.08 Å². The summed E-state index contributed by atoms with van der Waals surface area (Å²) in [5.41, 5.74) is 3.60. The summed E-state index contributed by atoms with van der Waals surface area (Å²) >= 11 is 0. The van der Waals surface area contributed by atoms with E-state index in [0.29, 0.717) is 0 Å². The van der Waals surface area contributed by atoms with Crippen molar-refractivity contribution in [3.8, 4) is 0 Å². The maximum atomic E-state index is 6.77. The Kier molecular flexibility index (Phi) is 9.06. The van der Waals surface area contributed by atoms with Crippen LogP contribution >= 0.6 is 0 Å². The second-order valence-corrected chi connectivity index (χ2v) is 11.4. The van der Waals surface area contributed by atoms with E-state index < -0.39 is 5.79 Å². The van der Waals surface area contributed by atoms with E-state index in [0.717, 1.165) is 31.1 Å². The molecule has 5 rings (SSSR count). The van der Waals surface area contributed by atoms with Gasteiger partial charge in [-0.15, -0.1) is 0 Å². The van der Waals surface area contributed by atoms with E-state index in [1.165, 1.54) is 43.2 Å². The summed E-state index contributed by atoms with van der Waals surface area (Å²) < 4.78 is 13.3. The molecule has 1 aromatic heterocycles. The largest absolute Gasteiger partial charge is 0.343 e. The monoisotopic (exact) mass is 510 g/mol. The summed E-state index contributed by atoms with van der Waals surface area (Å²) in [6.45, 7) is 5.85. The molecule has 38 heavy (non-hydrogen) atoms. The molecule has 3 atom stereocenters. The summed E-state index contributed by atoms with van der Waals surface area (Å²) in [6.07, 6.45) is 13.7. The van der Waals surface area contributed by atoms with Gasteiger partial charge in [-0.1, -0.05) is 105 Å². The maximum Gasteiger partial charge on any atom is 0.164 e. The number of ether oxygens (including phenoxy) is 2. The number of hydrogen-bond acceptors (Lipinski definition) is 4. The molecule has 0 amide bonds. The first kappa shape index (κ1) is 26.8. The predicted molar refractivity (Wildman–Crippen MR) is 154 cm³/mol. The number of hydrogen-bond donors (Lipinski definition) is 0. The maximum absolute atomic E-state index is 6.77. The Labute approximate surface area is 228 Å². The van der Waals surface area contributed by atoms with Crippen molar-refractivity contribution < 1.29 is 9.47 Å². The smallest absolute Gasteiger partial charge is 0.164 e. The van der Waals surface area contributed by atoms with Crippen LogP contribution in [0.1, 0.15) is 69.2 Å².